The number of aromatic hydroxyl groups is 1. The van der Waals surface area contributed by atoms with Crippen molar-refractivity contribution in [2.45, 2.75) is 12.3 Å². The van der Waals surface area contributed by atoms with Crippen LogP contribution in [0.4, 0.5) is 5.69 Å². The molecule has 0 aliphatic carbocycles. The molecule has 0 spiro atoms. The molecule has 0 radical (unpaired) electrons. The molecule has 0 heterocycles. The van der Waals surface area contributed by atoms with Gasteiger partial charge in [0.15, 0.2) is 0 Å². The molecule has 98 valence electrons. The molecule has 0 saturated carbocycles. The van der Waals surface area contributed by atoms with Crippen molar-refractivity contribution in [2.75, 3.05) is 5.32 Å². The van der Waals surface area contributed by atoms with Gasteiger partial charge in [0, 0.05) is 10.9 Å². The van der Waals surface area contributed by atoms with E-state index in [1.807, 2.05) is 25.1 Å². The summed E-state index contributed by atoms with van der Waals surface area (Å²) in [6.07, 6.45) is 0. The van der Waals surface area contributed by atoms with Gasteiger partial charge in [-0.05, 0) is 42.3 Å². The topological polar surface area (TPSA) is 49.3 Å². The zero-order valence-electron chi connectivity index (χ0n) is 10.5. The van der Waals surface area contributed by atoms with E-state index in [0.717, 1.165) is 11.1 Å². The lowest BCUT2D eigenvalue weighted by Gasteiger charge is -2.08. The molecule has 2 rings (SSSR count). The number of rotatable bonds is 3. The Morgan fingerprint density at radius 2 is 2.05 bits per heavy atom. The minimum absolute atomic E-state index is 0.0654. The Kier molecular flexibility index (Phi) is 4.22. The van der Waals surface area contributed by atoms with E-state index >= 15 is 0 Å². The second-order valence-corrected chi connectivity index (χ2v) is 4.87. The summed E-state index contributed by atoms with van der Waals surface area (Å²) in [4.78, 5) is 12.1. The van der Waals surface area contributed by atoms with Crippen LogP contribution >= 0.6 is 15.9 Å². The van der Waals surface area contributed by atoms with Crippen molar-refractivity contribution in [3.05, 3.63) is 59.2 Å². The van der Waals surface area contributed by atoms with Crippen LogP contribution in [0.2, 0.25) is 0 Å². The summed E-state index contributed by atoms with van der Waals surface area (Å²) in [5.41, 5.74) is 3.00. The fraction of sp³-hybridized carbons (Fsp3) is 0.133. The van der Waals surface area contributed by atoms with Crippen LogP contribution in [-0.2, 0) is 5.33 Å². The third kappa shape index (κ3) is 3.35. The molecule has 2 N–H and O–H groups in total. The van der Waals surface area contributed by atoms with Crippen LogP contribution in [0.25, 0.3) is 0 Å². The highest BCUT2D eigenvalue weighted by molar-refractivity contribution is 9.08. The van der Waals surface area contributed by atoms with Gasteiger partial charge in [-0.3, -0.25) is 4.79 Å². The van der Waals surface area contributed by atoms with Crippen LogP contribution in [-0.4, -0.2) is 11.0 Å². The first-order valence-electron chi connectivity index (χ1n) is 5.86. The third-order valence-electron chi connectivity index (χ3n) is 2.74. The summed E-state index contributed by atoms with van der Waals surface area (Å²) >= 11 is 3.36. The molecule has 0 unspecified atom stereocenters. The molecule has 4 heteroatoms. The number of phenols is 1. The Labute approximate surface area is 120 Å². The van der Waals surface area contributed by atoms with Gasteiger partial charge in [-0.15, -0.1) is 0 Å². The molecular formula is C15H14BrNO2. The molecule has 3 nitrogen and oxygen atoms in total. The van der Waals surface area contributed by atoms with Crippen molar-refractivity contribution in [3.8, 4) is 5.75 Å². The van der Waals surface area contributed by atoms with Gasteiger partial charge < -0.3 is 10.4 Å². The van der Waals surface area contributed by atoms with Gasteiger partial charge in [-0.25, -0.2) is 0 Å². The van der Waals surface area contributed by atoms with Crippen LogP contribution in [0, 0.1) is 6.92 Å². The van der Waals surface area contributed by atoms with Crippen LogP contribution < -0.4 is 5.32 Å². The fourth-order valence-corrected chi connectivity index (χ4v) is 2.09. The van der Waals surface area contributed by atoms with E-state index in [-0.39, 0.29) is 11.7 Å². The first-order chi connectivity index (χ1) is 9.10. The first-order valence-corrected chi connectivity index (χ1v) is 6.98. The molecule has 0 fully saturated rings. The number of anilines is 1. The summed E-state index contributed by atoms with van der Waals surface area (Å²) < 4.78 is 0. The Bertz CT molecular complexity index is 611. The minimum Gasteiger partial charge on any atom is -0.506 e. The zero-order chi connectivity index (χ0) is 13.8. The van der Waals surface area contributed by atoms with Crippen LogP contribution in [0.15, 0.2) is 42.5 Å². The number of amides is 1. The second-order valence-electron chi connectivity index (χ2n) is 4.31. The van der Waals surface area contributed by atoms with E-state index in [1.54, 1.807) is 24.3 Å². The lowest BCUT2D eigenvalue weighted by molar-refractivity contribution is 0.102. The molecule has 0 saturated heterocycles. The number of hydrogen-bond donors (Lipinski definition) is 2. The standard InChI is InChI=1S/C15H14BrNO2/c1-10-5-6-14(18)13(7-10)17-15(19)12-4-2-3-11(8-12)9-16/h2-8,18H,9H2,1H3,(H,17,19). The molecular weight excluding hydrogens is 306 g/mol. The van der Waals surface area contributed by atoms with E-state index in [1.165, 1.54) is 0 Å². The van der Waals surface area contributed by atoms with Crippen molar-refractivity contribution >= 4 is 27.5 Å². The molecule has 1 amide bonds. The smallest absolute Gasteiger partial charge is 0.255 e. The largest absolute Gasteiger partial charge is 0.506 e. The average Bonchev–Trinajstić information content (AvgIpc) is 2.43. The Morgan fingerprint density at radius 1 is 1.26 bits per heavy atom. The van der Waals surface area contributed by atoms with Crippen molar-refractivity contribution in [1.29, 1.82) is 0 Å². The SMILES string of the molecule is Cc1ccc(O)c(NC(=O)c2cccc(CBr)c2)c1. The number of benzene rings is 2. The van der Waals surface area contributed by atoms with Crippen molar-refractivity contribution in [1.82, 2.24) is 0 Å². The summed E-state index contributed by atoms with van der Waals surface area (Å²) in [5.74, 6) is -0.167. The van der Waals surface area contributed by atoms with Crippen LogP contribution in [0.5, 0.6) is 5.75 Å². The van der Waals surface area contributed by atoms with Crippen LogP contribution in [0.1, 0.15) is 21.5 Å². The molecule has 2 aromatic rings. The van der Waals surface area contributed by atoms with Gasteiger partial charge in [0.25, 0.3) is 5.91 Å². The number of hydrogen-bond acceptors (Lipinski definition) is 2. The molecule has 0 bridgehead atoms. The summed E-state index contributed by atoms with van der Waals surface area (Å²) in [7, 11) is 0. The zero-order valence-corrected chi connectivity index (χ0v) is 12.1. The van der Waals surface area contributed by atoms with E-state index < -0.39 is 0 Å². The van der Waals surface area contributed by atoms with Gasteiger partial charge in [0.1, 0.15) is 5.75 Å². The van der Waals surface area contributed by atoms with Crippen molar-refractivity contribution in [3.63, 3.8) is 0 Å². The quantitative estimate of drug-likeness (QED) is 0.667. The summed E-state index contributed by atoms with van der Waals surface area (Å²) in [6.45, 7) is 1.90. The lowest BCUT2D eigenvalue weighted by atomic mass is 10.1. The Hall–Kier alpha value is -1.81. The Balaban J connectivity index is 2.22. The highest BCUT2D eigenvalue weighted by Crippen LogP contribution is 2.24. The maximum atomic E-state index is 12.1. The number of phenolic OH excluding ortho intramolecular Hbond substituents is 1. The predicted molar refractivity (Wildman–Crippen MR) is 79.9 cm³/mol. The maximum Gasteiger partial charge on any atom is 0.255 e. The highest BCUT2D eigenvalue weighted by Gasteiger charge is 2.09. The van der Waals surface area contributed by atoms with Gasteiger partial charge >= 0.3 is 0 Å². The molecule has 0 aliphatic heterocycles. The summed E-state index contributed by atoms with van der Waals surface area (Å²) in [5, 5.41) is 13.1. The van der Waals surface area contributed by atoms with Gasteiger partial charge in [-0.1, -0.05) is 34.1 Å². The number of nitrogens with one attached hydrogen (secondary N) is 1. The number of carbonyl (C=O) groups is 1. The van der Waals surface area contributed by atoms with Crippen LogP contribution in [0.3, 0.4) is 0 Å². The number of carbonyl (C=O) groups excluding carboxylic acids is 1. The normalized spacial score (nSPS) is 10.2. The van der Waals surface area contributed by atoms with Crippen molar-refractivity contribution in [2.24, 2.45) is 0 Å². The van der Waals surface area contributed by atoms with Gasteiger partial charge in [0.05, 0.1) is 5.69 Å². The summed E-state index contributed by atoms with van der Waals surface area (Å²) in [6, 6.07) is 12.4. The molecule has 0 aliphatic rings. The van der Waals surface area contributed by atoms with E-state index in [0.29, 0.717) is 16.6 Å². The average molecular weight is 320 g/mol. The second kappa shape index (κ2) is 5.89. The van der Waals surface area contributed by atoms with E-state index in [2.05, 4.69) is 21.2 Å². The molecule has 0 aromatic heterocycles. The number of alkyl halides is 1. The first kappa shape index (κ1) is 13.6. The number of halogens is 1. The Morgan fingerprint density at radius 3 is 2.79 bits per heavy atom. The molecule has 0 atom stereocenters. The lowest BCUT2D eigenvalue weighted by Crippen LogP contribution is -2.12. The highest BCUT2D eigenvalue weighted by atomic mass is 79.9. The third-order valence-corrected chi connectivity index (χ3v) is 3.39. The van der Waals surface area contributed by atoms with Gasteiger partial charge in [0.2, 0.25) is 0 Å². The van der Waals surface area contributed by atoms with Gasteiger partial charge in [-0.2, -0.15) is 0 Å². The monoisotopic (exact) mass is 319 g/mol. The molecule has 19 heavy (non-hydrogen) atoms. The maximum absolute atomic E-state index is 12.1. The predicted octanol–water partition coefficient (Wildman–Crippen LogP) is 3.85. The van der Waals surface area contributed by atoms with E-state index in [9.17, 15) is 9.90 Å². The van der Waals surface area contributed by atoms with Crippen molar-refractivity contribution < 1.29 is 9.90 Å². The fourth-order valence-electron chi connectivity index (χ4n) is 1.74. The number of aryl methyl sites for hydroxylation is 1. The van der Waals surface area contributed by atoms with E-state index in [4.69, 9.17) is 0 Å². The minimum atomic E-state index is -0.233. The molecule has 2 aromatic carbocycles.